The maximum Gasteiger partial charge on any atom is 0.127 e. The zero-order valence-electron chi connectivity index (χ0n) is 13.9. The van der Waals surface area contributed by atoms with Crippen LogP contribution in [0.25, 0.3) is 0 Å². The highest BCUT2D eigenvalue weighted by Gasteiger charge is 2.16. The lowest BCUT2D eigenvalue weighted by molar-refractivity contribution is 0.0549. The van der Waals surface area contributed by atoms with Gasteiger partial charge in [-0.25, -0.2) is 0 Å². The predicted molar refractivity (Wildman–Crippen MR) is 86.3 cm³/mol. The normalized spacial score (nSPS) is 12.5. The maximum absolute atomic E-state index is 5.89. The summed E-state index contributed by atoms with van der Waals surface area (Å²) in [6, 6.07) is 6.09. The first kappa shape index (κ1) is 17.8. The minimum absolute atomic E-state index is 0.183. The van der Waals surface area contributed by atoms with Crippen LogP contribution in [0.15, 0.2) is 18.2 Å². The first-order valence-electron chi connectivity index (χ1n) is 7.74. The van der Waals surface area contributed by atoms with E-state index in [-0.39, 0.29) is 12.1 Å². The summed E-state index contributed by atoms with van der Waals surface area (Å²) in [6.07, 6.45) is 1.32. The third-order valence-electron chi connectivity index (χ3n) is 3.17. The molecule has 0 heterocycles. The summed E-state index contributed by atoms with van der Waals surface area (Å²) in [5.41, 5.74) is 1.07. The average molecular weight is 295 g/mol. The molecular formula is C17H29NO3. The molecule has 0 radical (unpaired) electrons. The lowest BCUT2D eigenvalue weighted by atomic mass is 10.1. The predicted octanol–water partition coefficient (Wildman–Crippen LogP) is 3.56. The number of hydrogen-bond donors (Lipinski definition) is 1. The summed E-state index contributed by atoms with van der Waals surface area (Å²) in [5, 5.41) is 3.48. The Morgan fingerprint density at radius 2 is 1.81 bits per heavy atom. The minimum atomic E-state index is 0.183. The Hall–Kier alpha value is -1.26. The van der Waals surface area contributed by atoms with E-state index in [1.807, 2.05) is 32.0 Å². The zero-order valence-corrected chi connectivity index (χ0v) is 13.9. The number of benzene rings is 1. The van der Waals surface area contributed by atoms with Crippen LogP contribution < -0.4 is 14.8 Å². The van der Waals surface area contributed by atoms with Crippen LogP contribution >= 0.6 is 0 Å². The van der Waals surface area contributed by atoms with Crippen LogP contribution in [0, 0.1) is 0 Å². The quantitative estimate of drug-likeness (QED) is 0.670. The van der Waals surface area contributed by atoms with E-state index in [1.165, 1.54) is 0 Å². The van der Waals surface area contributed by atoms with Crippen LogP contribution in [0.2, 0.25) is 0 Å². The molecule has 0 spiro atoms. The second-order valence-electron chi connectivity index (χ2n) is 5.32. The summed E-state index contributed by atoms with van der Waals surface area (Å²) < 4.78 is 16.9. The van der Waals surface area contributed by atoms with Gasteiger partial charge in [-0.1, -0.05) is 13.0 Å². The monoisotopic (exact) mass is 295 g/mol. The highest BCUT2D eigenvalue weighted by Crippen LogP contribution is 2.33. The Morgan fingerprint density at radius 3 is 2.43 bits per heavy atom. The Kier molecular flexibility index (Phi) is 8.16. The second kappa shape index (κ2) is 9.64. The molecule has 21 heavy (non-hydrogen) atoms. The van der Waals surface area contributed by atoms with E-state index in [2.05, 4.69) is 19.2 Å². The lowest BCUT2D eigenvalue weighted by Crippen LogP contribution is -2.21. The zero-order chi connectivity index (χ0) is 15.7. The fraction of sp³-hybridized carbons (Fsp3) is 0.647. The van der Waals surface area contributed by atoms with Crippen LogP contribution in [0.4, 0.5) is 0 Å². The Balaban J connectivity index is 2.76. The van der Waals surface area contributed by atoms with Gasteiger partial charge < -0.3 is 19.5 Å². The van der Waals surface area contributed by atoms with Crippen LogP contribution in [0.3, 0.4) is 0 Å². The number of methoxy groups -OCH3 is 1. The van der Waals surface area contributed by atoms with Gasteiger partial charge in [0.2, 0.25) is 0 Å². The maximum atomic E-state index is 5.89. The molecule has 4 nitrogen and oxygen atoms in total. The molecule has 4 heteroatoms. The van der Waals surface area contributed by atoms with E-state index in [0.29, 0.717) is 13.2 Å². The number of rotatable bonds is 10. The van der Waals surface area contributed by atoms with Gasteiger partial charge in [-0.3, -0.25) is 0 Å². The first-order valence-corrected chi connectivity index (χ1v) is 7.74. The van der Waals surface area contributed by atoms with E-state index in [9.17, 15) is 0 Å². The standard InChI is InChI=1S/C17H29NO3/c1-6-10-18-14(4)17-15(19-5)8-7-9-16(17)21-12-11-20-13(2)3/h7-9,13-14,18H,6,10-12H2,1-5H3. The molecule has 0 saturated carbocycles. The Bertz CT molecular complexity index is 407. The van der Waals surface area contributed by atoms with Crippen molar-refractivity contribution in [2.45, 2.75) is 46.3 Å². The lowest BCUT2D eigenvalue weighted by Gasteiger charge is -2.21. The largest absolute Gasteiger partial charge is 0.496 e. The first-order chi connectivity index (χ1) is 10.1. The van der Waals surface area contributed by atoms with Gasteiger partial charge in [-0.05, 0) is 45.9 Å². The van der Waals surface area contributed by atoms with E-state index in [0.717, 1.165) is 30.0 Å². The van der Waals surface area contributed by atoms with Crippen LogP contribution in [0.5, 0.6) is 11.5 Å². The number of nitrogens with one attached hydrogen (secondary N) is 1. The average Bonchev–Trinajstić information content (AvgIpc) is 2.48. The van der Waals surface area contributed by atoms with Gasteiger partial charge in [0.15, 0.2) is 0 Å². The van der Waals surface area contributed by atoms with Gasteiger partial charge in [0, 0.05) is 6.04 Å². The molecule has 0 aliphatic carbocycles. The van der Waals surface area contributed by atoms with Crippen molar-refractivity contribution in [3.63, 3.8) is 0 Å². The van der Waals surface area contributed by atoms with Crippen molar-refractivity contribution < 1.29 is 14.2 Å². The summed E-state index contributed by atoms with van der Waals surface area (Å²) >= 11 is 0. The molecule has 120 valence electrons. The van der Waals surface area contributed by atoms with Gasteiger partial charge in [-0.2, -0.15) is 0 Å². The highest BCUT2D eigenvalue weighted by molar-refractivity contribution is 5.46. The molecular weight excluding hydrogens is 266 g/mol. The van der Waals surface area contributed by atoms with E-state index in [4.69, 9.17) is 14.2 Å². The molecule has 0 aromatic heterocycles. The molecule has 1 aromatic carbocycles. The van der Waals surface area contributed by atoms with Crippen LogP contribution in [-0.2, 0) is 4.74 Å². The van der Waals surface area contributed by atoms with Crippen LogP contribution in [0.1, 0.15) is 45.7 Å². The smallest absolute Gasteiger partial charge is 0.127 e. The second-order valence-corrected chi connectivity index (χ2v) is 5.32. The van der Waals surface area contributed by atoms with Crippen molar-refractivity contribution >= 4 is 0 Å². The Labute approximate surface area is 128 Å². The van der Waals surface area contributed by atoms with Crippen molar-refractivity contribution in [1.29, 1.82) is 0 Å². The van der Waals surface area contributed by atoms with E-state index >= 15 is 0 Å². The molecule has 1 aromatic rings. The van der Waals surface area contributed by atoms with Gasteiger partial charge in [-0.15, -0.1) is 0 Å². The van der Waals surface area contributed by atoms with E-state index < -0.39 is 0 Å². The van der Waals surface area contributed by atoms with Crippen molar-refractivity contribution in [3.8, 4) is 11.5 Å². The van der Waals surface area contributed by atoms with Gasteiger partial charge in [0.05, 0.1) is 25.4 Å². The SMILES string of the molecule is CCCNC(C)c1c(OC)cccc1OCCOC(C)C. The van der Waals surface area contributed by atoms with Crippen LogP contribution in [-0.4, -0.2) is 33.0 Å². The topological polar surface area (TPSA) is 39.7 Å². The van der Waals surface area contributed by atoms with Gasteiger partial charge in [0.1, 0.15) is 18.1 Å². The molecule has 1 rings (SSSR count). The third-order valence-corrected chi connectivity index (χ3v) is 3.17. The fourth-order valence-electron chi connectivity index (χ4n) is 2.15. The molecule has 0 amide bonds. The number of hydrogen-bond acceptors (Lipinski definition) is 4. The molecule has 0 saturated heterocycles. The Morgan fingerprint density at radius 1 is 1.10 bits per heavy atom. The van der Waals surface area contributed by atoms with Gasteiger partial charge in [0.25, 0.3) is 0 Å². The molecule has 0 bridgehead atoms. The molecule has 0 aliphatic rings. The van der Waals surface area contributed by atoms with Crippen molar-refractivity contribution in [3.05, 3.63) is 23.8 Å². The molecule has 0 aliphatic heterocycles. The molecule has 1 N–H and O–H groups in total. The summed E-state index contributed by atoms with van der Waals surface area (Å²) in [5.74, 6) is 1.71. The van der Waals surface area contributed by atoms with Gasteiger partial charge >= 0.3 is 0 Å². The third kappa shape index (κ3) is 5.94. The van der Waals surface area contributed by atoms with Crippen molar-refractivity contribution in [1.82, 2.24) is 5.32 Å². The molecule has 0 fully saturated rings. The molecule has 1 unspecified atom stereocenters. The minimum Gasteiger partial charge on any atom is -0.496 e. The van der Waals surface area contributed by atoms with E-state index in [1.54, 1.807) is 7.11 Å². The number of ether oxygens (including phenoxy) is 3. The summed E-state index contributed by atoms with van der Waals surface area (Å²) in [6.45, 7) is 10.4. The summed E-state index contributed by atoms with van der Waals surface area (Å²) in [4.78, 5) is 0. The summed E-state index contributed by atoms with van der Waals surface area (Å²) in [7, 11) is 1.69. The highest BCUT2D eigenvalue weighted by atomic mass is 16.5. The van der Waals surface area contributed by atoms with Crippen molar-refractivity contribution in [2.24, 2.45) is 0 Å². The molecule has 1 atom stereocenters. The van der Waals surface area contributed by atoms with Crippen molar-refractivity contribution in [2.75, 3.05) is 26.9 Å². The fourth-order valence-corrected chi connectivity index (χ4v) is 2.15.